The summed E-state index contributed by atoms with van der Waals surface area (Å²) in [7, 11) is -3.51. The fourth-order valence-electron chi connectivity index (χ4n) is 4.12. The smallest absolute Gasteiger partial charge is 0.237 e. The van der Waals surface area contributed by atoms with Crippen molar-refractivity contribution in [1.29, 1.82) is 0 Å². The minimum absolute atomic E-state index is 0.121. The molecule has 30 heavy (non-hydrogen) atoms. The summed E-state index contributed by atoms with van der Waals surface area (Å²) in [6.07, 6.45) is 4.62. The van der Waals surface area contributed by atoms with Crippen LogP contribution < -0.4 is 4.90 Å². The van der Waals surface area contributed by atoms with Gasteiger partial charge in [-0.3, -0.25) is 0 Å². The average Bonchev–Trinajstić information content (AvgIpc) is 3.33. The normalized spacial score (nSPS) is 17.8. The van der Waals surface area contributed by atoms with E-state index in [1.54, 1.807) is 12.3 Å². The maximum atomic E-state index is 12.4. The topological polar surface area (TPSA) is 93.1 Å². The fraction of sp³-hybridized carbons (Fsp3) is 0.333. The molecule has 156 valence electrons. The van der Waals surface area contributed by atoms with Gasteiger partial charge in [-0.1, -0.05) is 0 Å². The van der Waals surface area contributed by atoms with Gasteiger partial charge in [0.1, 0.15) is 5.82 Å². The first-order chi connectivity index (χ1) is 14.3. The average molecular weight is 426 g/mol. The Kier molecular flexibility index (Phi) is 4.33. The van der Waals surface area contributed by atoms with Gasteiger partial charge in [0.25, 0.3) is 0 Å². The van der Waals surface area contributed by atoms with E-state index in [9.17, 15) is 8.42 Å². The summed E-state index contributed by atoms with van der Waals surface area (Å²) in [5.74, 6) is 1.24. The van der Waals surface area contributed by atoms with E-state index in [0.29, 0.717) is 31.2 Å². The van der Waals surface area contributed by atoms with E-state index in [2.05, 4.69) is 22.9 Å². The van der Waals surface area contributed by atoms with Crippen molar-refractivity contribution >= 4 is 37.8 Å². The Labute approximate surface area is 174 Å². The Morgan fingerprint density at radius 2 is 2.03 bits per heavy atom. The van der Waals surface area contributed by atoms with Crippen molar-refractivity contribution in [2.24, 2.45) is 0 Å². The third kappa shape index (κ3) is 3.05. The molecule has 0 unspecified atom stereocenters. The maximum Gasteiger partial charge on any atom is 0.237 e. The number of morpholine rings is 1. The van der Waals surface area contributed by atoms with Crippen molar-refractivity contribution in [3.05, 3.63) is 42.2 Å². The van der Waals surface area contributed by atoms with E-state index in [0.717, 1.165) is 33.2 Å². The standard InChI is InChI=1S/C21H23N5O3S/c1-13-10-17(15-4-6-22-18(15)11-13)19-23-20(25-8-9-29-12-14(25)2)16-5-7-26(21(16)24-19)30(3,27)28/h4-7,10-11,14,22H,8-9,12H2,1-3H3/t14-/m1/s1. The van der Waals surface area contributed by atoms with Crippen LogP contribution in [0.4, 0.5) is 5.82 Å². The molecule has 1 N–H and O–H groups in total. The van der Waals surface area contributed by atoms with E-state index in [-0.39, 0.29) is 6.04 Å². The highest BCUT2D eigenvalue weighted by Crippen LogP contribution is 2.34. The summed E-state index contributed by atoms with van der Waals surface area (Å²) in [6.45, 7) is 5.98. The number of ether oxygens (including phenoxy) is 1. The van der Waals surface area contributed by atoms with Gasteiger partial charge in [0.05, 0.1) is 30.9 Å². The van der Waals surface area contributed by atoms with Gasteiger partial charge in [-0.25, -0.2) is 22.4 Å². The molecule has 1 aromatic carbocycles. The number of aromatic amines is 1. The SMILES string of the molecule is Cc1cc(-c2nc(N3CCOC[C@H]3C)c3ccn(S(C)(=O)=O)c3n2)c2cc[nH]c2c1. The van der Waals surface area contributed by atoms with Gasteiger partial charge in [0, 0.05) is 35.4 Å². The molecule has 0 aliphatic carbocycles. The summed E-state index contributed by atoms with van der Waals surface area (Å²) in [5.41, 5.74) is 3.33. The Hall–Kier alpha value is -2.91. The molecule has 9 heteroatoms. The lowest BCUT2D eigenvalue weighted by molar-refractivity contribution is 0.0987. The highest BCUT2D eigenvalue weighted by atomic mass is 32.2. The molecular weight excluding hydrogens is 402 g/mol. The first kappa shape index (κ1) is 19.1. The first-order valence-electron chi connectivity index (χ1n) is 9.85. The third-order valence-corrected chi connectivity index (χ3v) is 6.55. The van der Waals surface area contributed by atoms with Crippen LogP contribution in [0, 0.1) is 6.92 Å². The Balaban J connectivity index is 1.83. The number of H-pyrrole nitrogens is 1. The van der Waals surface area contributed by atoms with Crippen molar-refractivity contribution in [2.45, 2.75) is 19.9 Å². The van der Waals surface area contributed by atoms with Crippen LogP contribution in [0.3, 0.4) is 0 Å². The molecule has 8 nitrogen and oxygen atoms in total. The molecule has 0 amide bonds. The number of hydrogen-bond donors (Lipinski definition) is 1. The number of fused-ring (bicyclic) bond motifs is 2. The van der Waals surface area contributed by atoms with Gasteiger partial charge >= 0.3 is 0 Å². The van der Waals surface area contributed by atoms with Crippen molar-refractivity contribution in [3.63, 3.8) is 0 Å². The number of aryl methyl sites for hydroxylation is 1. The molecule has 1 aliphatic rings. The second-order valence-corrected chi connectivity index (χ2v) is 9.71. The van der Waals surface area contributed by atoms with Gasteiger partial charge in [-0.2, -0.15) is 0 Å². The molecule has 4 aromatic rings. The maximum absolute atomic E-state index is 12.4. The molecule has 1 fully saturated rings. The van der Waals surface area contributed by atoms with Crippen LogP contribution in [-0.2, 0) is 14.8 Å². The highest BCUT2D eigenvalue weighted by Gasteiger charge is 2.26. The molecule has 0 bridgehead atoms. The van der Waals surface area contributed by atoms with E-state index >= 15 is 0 Å². The quantitative estimate of drug-likeness (QED) is 0.543. The van der Waals surface area contributed by atoms with Gasteiger partial charge in [-0.15, -0.1) is 0 Å². The molecular formula is C21H23N5O3S. The second-order valence-electron chi connectivity index (χ2n) is 7.85. The summed E-state index contributed by atoms with van der Waals surface area (Å²) in [6, 6.07) is 8.00. The number of anilines is 1. The third-order valence-electron chi connectivity index (χ3n) is 5.54. The Morgan fingerprint density at radius 3 is 2.80 bits per heavy atom. The lowest BCUT2D eigenvalue weighted by atomic mass is 10.1. The number of hydrogen-bond acceptors (Lipinski definition) is 6. The van der Waals surface area contributed by atoms with Crippen molar-refractivity contribution in [2.75, 3.05) is 30.9 Å². The summed E-state index contributed by atoms with van der Waals surface area (Å²) < 4.78 is 31.6. The molecule has 3 aromatic heterocycles. The number of nitrogens with zero attached hydrogens (tertiary/aromatic N) is 4. The Morgan fingerprint density at radius 1 is 1.20 bits per heavy atom. The van der Waals surface area contributed by atoms with E-state index in [4.69, 9.17) is 14.7 Å². The zero-order valence-electron chi connectivity index (χ0n) is 17.1. The predicted molar refractivity (Wildman–Crippen MR) is 117 cm³/mol. The zero-order chi connectivity index (χ0) is 21.0. The lowest BCUT2D eigenvalue weighted by Crippen LogP contribution is -2.44. The van der Waals surface area contributed by atoms with E-state index in [1.165, 1.54) is 10.2 Å². The molecule has 5 rings (SSSR count). The molecule has 1 atom stereocenters. The number of benzene rings is 1. The predicted octanol–water partition coefficient (Wildman–Crippen LogP) is 2.92. The second kappa shape index (κ2) is 6.82. The van der Waals surface area contributed by atoms with E-state index < -0.39 is 10.0 Å². The van der Waals surface area contributed by atoms with Gasteiger partial charge in [0.15, 0.2) is 11.5 Å². The van der Waals surface area contributed by atoms with Crippen LogP contribution in [0.25, 0.3) is 33.3 Å². The van der Waals surface area contributed by atoms with E-state index in [1.807, 2.05) is 25.3 Å². The van der Waals surface area contributed by atoms with Crippen LogP contribution in [0.15, 0.2) is 36.7 Å². The van der Waals surface area contributed by atoms with Gasteiger partial charge in [0.2, 0.25) is 10.0 Å². The molecule has 1 saturated heterocycles. The zero-order valence-corrected chi connectivity index (χ0v) is 17.9. The number of aromatic nitrogens is 4. The van der Waals surface area contributed by atoms with Gasteiger partial charge < -0.3 is 14.6 Å². The van der Waals surface area contributed by atoms with Crippen LogP contribution in [0.2, 0.25) is 0 Å². The summed E-state index contributed by atoms with van der Waals surface area (Å²) >= 11 is 0. The minimum atomic E-state index is -3.51. The summed E-state index contributed by atoms with van der Waals surface area (Å²) in [5, 5.41) is 1.72. The van der Waals surface area contributed by atoms with Crippen molar-refractivity contribution in [3.8, 4) is 11.4 Å². The Bertz CT molecular complexity index is 1370. The number of nitrogens with one attached hydrogen (secondary N) is 1. The fourth-order valence-corrected chi connectivity index (χ4v) is 4.86. The van der Waals surface area contributed by atoms with Crippen LogP contribution in [-0.4, -0.2) is 59.4 Å². The van der Waals surface area contributed by atoms with Crippen molar-refractivity contribution in [1.82, 2.24) is 18.9 Å². The largest absolute Gasteiger partial charge is 0.377 e. The van der Waals surface area contributed by atoms with Crippen LogP contribution in [0.1, 0.15) is 12.5 Å². The summed E-state index contributed by atoms with van der Waals surface area (Å²) in [4.78, 5) is 15.1. The molecule has 0 radical (unpaired) electrons. The van der Waals surface area contributed by atoms with Crippen LogP contribution in [0.5, 0.6) is 0 Å². The minimum Gasteiger partial charge on any atom is -0.377 e. The molecule has 0 saturated carbocycles. The molecule has 4 heterocycles. The molecule has 1 aliphatic heterocycles. The van der Waals surface area contributed by atoms with Crippen LogP contribution >= 0.6 is 0 Å². The van der Waals surface area contributed by atoms with Crippen molar-refractivity contribution < 1.29 is 13.2 Å². The first-order valence-corrected chi connectivity index (χ1v) is 11.7. The monoisotopic (exact) mass is 425 g/mol. The molecule has 0 spiro atoms. The number of rotatable bonds is 3. The lowest BCUT2D eigenvalue weighted by Gasteiger charge is -2.34. The van der Waals surface area contributed by atoms with Gasteiger partial charge in [-0.05, 0) is 43.7 Å². The highest BCUT2D eigenvalue weighted by molar-refractivity contribution is 7.89.